The van der Waals surface area contributed by atoms with Crippen LogP contribution in [-0.4, -0.2) is 27.1 Å². The number of hydrogen-bond acceptors (Lipinski definition) is 1. The second kappa shape index (κ2) is 4.87. The molecule has 1 atom stereocenters. The first-order valence-corrected chi connectivity index (χ1v) is 5.29. The second-order valence-corrected chi connectivity index (χ2v) is 4.49. The van der Waals surface area contributed by atoms with Crippen LogP contribution >= 0.6 is 15.9 Å². The summed E-state index contributed by atoms with van der Waals surface area (Å²) in [6, 6.07) is 0. The number of aromatic amines is 1. The summed E-state index contributed by atoms with van der Waals surface area (Å²) in [5.74, 6) is -3.36. The molecule has 0 aliphatic rings. The first-order chi connectivity index (χ1) is 7.62. The van der Waals surface area contributed by atoms with Crippen LogP contribution in [0.5, 0.6) is 0 Å². The van der Waals surface area contributed by atoms with Gasteiger partial charge in [0, 0.05) is 23.6 Å². The number of imidazole rings is 1. The van der Waals surface area contributed by atoms with Crippen LogP contribution in [0.4, 0.5) is 26.3 Å². The predicted molar refractivity (Wildman–Crippen MR) is 50.6 cm³/mol. The van der Waals surface area contributed by atoms with E-state index < -0.39 is 29.5 Å². The predicted octanol–water partition coefficient (Wildman–Crippen LogP) is 3.46. The number of rotatable bonds is 3. The summed E-state index contributed by atoms with van der Waals surface area (Å²) in [6.07, 6.45) is -8.61. The fourth-order valence-electron chi connectivity index (χ4n) is 1.31. The van der Waals surface area contributed by atoms with Crippen molar-refractivity contribution in [1.82, 2.24) is 9.97 Å². The van der Waals surface area contributed by atoms with Gasteiger partial charge in [0.25, 0.3) is 0 Å². The fraction of sp³-hybridized carbons (Fsp3) is 0.625. The van der Waals surface area contributed by atoms with E-state index in [2.05, 4.69) is 25.9 Å². The zero-order valence-electron chi connectivity index (χ0n) is 8.11. The third-order valence-electron chi connectivity index (χ3n) is 2.01. The zero-order valence-corrected chi connectivity index (χ0v) is 9.70. The van der Waals surface area contributed by atoms with Crippen molar-refractivity contribution in [3.05, 3.63) is 18.2 Å². The van der Waals surface area contributed by atoms with Crippen molar-refractivity contribution < 1.29 is 26.3 Å². The number of H-pyrrole nitrogens is 1. The highest BCUT2D eigenvalue weighted by Gasteiger charge is 2.59. The summed E-state index contributed by atoms with van der Waals surface area (Å²) in [6.45, 7) is 0. The van der Waals surface area contributed by atoms with E-state index in [4.69, 9.17) is 0 Å². The Labute approximate surface area is 101 Å². The molecule has 0 fully saturated rings. The maximum atomic E-state index is 12.3. The highest BCUT2D eigenvalue weighted by molar-refractivity contribution is 9.09. The Morgan fingerprint density at radius 2 is 1.71 bits per heavy atom. The van der Waals surface area contributed by atoms with E-state index in [1.54, 1.807) is 0 Å². The van der Waals surface area contributed by atoms with Crippen LogP contribution in [0, 0.1) is 5.92 Å². The molecular formula is C8H7BrF6N2. The summed E-state index contributed by atoms with van der Waals surface area (Å²) in [7, 11) is 0. The van der Waals surface area contributed by atoms with Gasteiger partial charge in [0.2, 0.25) is 0 Å². The second-order valence-electron chi connectivity index (χ2n) is 3.32. The highest BCUT2D eigenvalue weighted by Crippen LogP contribution is 2.44. The van der Waals surface area contributed by atoms with Crippen molar-refractivity contribution in [3.8, 4) is 0 Å². The molecule has 0 aromatic carbocycles. The number of aromatic nitrogens is 2. The number of nitrogens with one attached hydrogen (secondary N) is 1. The van der Waals surface area contributed by atoms with E-state index in [9.17, 15) is 26.3 Å². The summed E-state index contributed by atoms with van der Waals surface area (Å²) in [5.41, 5.74) is 0. The summed E-state index contributed by atoms with van der Waals surface area (Å²) >= 11 is 2.44. The molecule has 2 nitrogen and oxygen atoms in total. The molecule has 17 heavy (non-hydrogen) atoms. The van der Waals surface area contributed by atoms with E-state index >= 15 is 0 Å². The molecule has 0 amide bonds. The lowest BCUT2D eigenvalue weighted by Crippen LogP contribution is -2.43. The Bertz CT molecular complexity index is 330. The van der Waals surface area contributed by atoms with Crippen LogP contribution in [0.2, 0.25) is 0 Å². The average molecular weight is 325 g/mol. The smallest absolute Gasteiger partial charge is 0.349 e. The van der Waals surface area contributed by atoms with Gasteiger partial charge in [0.1, 0.15) is 5.82 Å². The minimum absolute atomic E-state index is 0.0605. The normalized spacial score (nSPS) is 15.3. The summed E-state index contributed by atoms with van der Waals surface area (Å²) < 4.78 is 73.9. The zero-order chi connectivity index (χ0) is 13.3. The molecule has 1 unspecified atom stereocenters. The molecule has 0 aliphatic carbocycles. The summed E-state index contributed by atoms with van der Waals surface area (Å²) in [5, 5.41) is 0. The van der Waals surface area contributed by atoms with Crippen LogP contribution in [0.25, 0.3) is 0 Å². The first-order valence-electron chi connectivity index (χ1n) is 4.38. The Hall–Kier alpha value is -0.730. The van der Waals surface area contributed by atoms with Crippen LogP contribution in [0.15, 0.2) is 12.4 Å². The van der Waals surface area contributed by atoms with Gasteiger partial charge < -0.3 is 4.98 Å². The Kier molecular flexibility index (Phi) is 4.11. The SMILES string of the molecule is FC(F)(F)C(C(Br)Cc1ncc[nH]1)C(F)(F)F. The molecular weight excluding hydrogens is 318 g/mol. The molecule has 1 aromatic rings. The molecule has 0 bridgehead atoms. The molecule has 0 aliphatic heterocycles. The van der Waals surface area contributed by atoms with Crippen LogP contribution in [0.3, 0.4) is 0 Å². The summed E-state index contributed by atoms with van der Waals surface area (Å²) in [4.78, 5) is 4.22. The van der Waals surface area contributed by atoms with Crippen LogP contribution in [0.1, 0.15) is 5.82 Å². The highest BCUT2D eigenvalue weighted by atomic mass is 79.9. The van der Waals surface area contributed by atoms with Crippen molar-refractivity contribution >= 4 is 15.9 Å². The van der Waals surface area contributed by atoms with Gasteiger partial charge in [-0.15, -0.1) is 0 Å². The molecule has 98 valence electrons. The van der Waals surface area contributed by atoms with E-state index in [-0.39, 0.29) is 5.82 Å². The maximum absolute atomic E-state index is 12.3. The third kappa shape index (κ3) is 3.90. The van der Waals surface area contributed by atoms with Gasteiger partial charge >= 0.3 is 12.4 Å². The molecule has 1 N–H and O–H groups in total. The number of hydrogen-bond donors (Lipinski definition) is 1. The lowest BCUT2D eigenvalue weighted by molar-refractivity contribution is -0.282. The first kappa shape index (κ1) is 14.3. The Balaban J connectivity index is 2.84. The largest absolute Gasteiger partial charge is 0.401 e. The molecule has 1 heterocycles. The minimum Gasteiger partial charge on any atom is -0.349 e. The average Bonchev–Trinajstić information content (AvgIpc) is 2.49. The van der Waals surface area contributed by atoms with Crippen LogP contribution in [-0.2, 0) is 6.42 Å². The molecule has 1 aromatic heterocycles. The molecule has 0 spiro atoms. The minimum atomic E-state index is -5.35. The topological polar surface area (TPSA) is 28.7 Å². The molecule has 9 heteroatoms. The van der Waals surface area contributed by atoms with Gasteiger partial charge in [0.15, 0.2) is 5.92 Å². The number of nitrogens with zero attached hydrogens (tertiary/aromatic N) is 1. The van der Waals surface area contributed by atoms with Gasteiger partial charge in [-0.2, -0.15) is 26.3 Å². The Morgan fingerprint density at radius 1 is 1.18 bits per heavy atom. The monoisotopic (exact) mass is 324 g/mol. The van der Waals surface area contributed by atoms with Gasteiger partial charge in [-0.25, -0.2) is 4.98 Å². The fourth-order valence-corrected chi connectivity index (χ4v) is 2.21. The van der Waals surface area contributed by atoms with Crippen molar-refractivity contribution in [3.63, 3.8) is 0 Å². The number of alkyl halides is 7. The quantitative estimate of drug-likeness (QED) is 0.669. The number of halogens is 7. The lowest BCUT2D eigenvalue weighted by Gasteiger charge is -2.26. The van der Waals surface area contributed by atoms with Crippen molar-refractivity contribution in [2.75, 3.05) is 0 Å². The van der Waals surface area contributed by atoms with E-state index in [1.807, 2.05) is 0 Å². The van der Waals surface area contributed by atoms with Crippen LogP contribution < -0.4 is 0 Å². The van der Waals surface area contributed by atoms with E-state index in [0.717, 1.165) is 0 Å². The maximum Gasteiger partial charge on any atom is 0.401 e. The van der Waals surface area contributed by atoms with Crippen molar-refractivity contribution in [2.45, 2.75) is 23.6 Å². The third-order valence-corrected chi connectivity index (χ3v) is 2.86. The molecule has 1 rings (SSSR count). The van der Waals surface area contributed by atoms with Gasteiger partial charge in [0.05, 0.1) is 0 Å². The van der Waals surface area contributed by atoms with Gasteiger partial charge in [-0.3, -0.25) is 0 Å². The standard InChI is InChI=1S/C8H7BrF6N2/c9-4(3-5-16-1-2-17-5)6(7(10,11)12)8(13,14)15/h1-2,4,6H,3H2,(H,16,17). The van der Waals surface area contributed by atoms with E-state index in [0.29, 0.717) is 0 Å². The lowest BCUT2D eigenvalue weighted by atomic mass is 10.0. The van der Waals surface area contributed by atoms with Crippen molar-refractivity contribution in [1.29, 1.82) is 0 Å². The van der Waals surface area contributed by atoms with E-state index in [1.165, 1.54) is 12.4 Å². The van der Waals surface area contributed by atoms with Gasteiger partial charge in [-0.1, -0.05) is 15.9 Å². The van der Waals surface area contributed by atoms with Crippen molar-refractivity contribution in [2.24, 2.45) is 5.92 Å². The Morgan fingerprint density at radius 3 is 2.06 bits per heavy atom. The molecule has 0 radical (unpaired) electrons. The molecule has 0 saturated carbocycles. The van der Waals surface area contributed by atoms with Gasteiger partial charge in [-0.05, 0) is 0 Å². The molecule has 0 saturated heterocycles.